The van der Waals surface area contributed by atoms with E-state index in [-0.39, 0.29) is 17.6 Å². The van der Waals surface area contributed by atoms with E-state index >= 15 is 0 Å². The Labute approximate surface area is 127 Å². The first-order valence-electron chi connectivity index (χ1n) is 6.97. The Hall–Kier alpha value is -2.69. The molecule has 0 spiro atoms. The van der Waals surface area contributed by atoms with E-state index in [0.29, 0.717) is 27.6 Å². The van der Waals surface area contributed by atoms with Gasteiger partial charge in [-0.2, -0.15) is 0 Å². The smallest absolute Gasteiger partial charge is 0.261 e. The molecule has 112 valence electrons. The van der Waals surface area contributed by atoms with E-state index in [0.717, 1.165) is 4.90 Å². The van der Waals surface area contributed by atoms with E-state index in [9.17, 15) is 14.4 Å². The lowest BCUT2D eigenvalue weighted by molar-refractivity contribution is -0.122. The van der Waals surface area contributed by atoms with E-state index in [1.165, 1.54) is 14.0 Å². The SMILES string of the molecule is CC(=O)C(C)Oc1ccc2c3c(cccc13)C(=O)N(C)C2=O. The number of hydrogen-bond donors (Lipinski definition) is 0. The van der Waals surface area contributed by atoms with Gasteiger partial charge >= 0.3 is 0 Å². The molecule has 0 fully saturated rings. The molecule has 1 atom stereocenters. The molecule has 5 nitrogen and oxygen atoms in total. The fourth-order valence-corrected chi connectivity index (χ4v) is 2.57. The van der Waals surface area contributed by atoms with Gasteiger partial charge in [-0.05, 0) is 32.0 Å². The number of benzene rings is 2. The molecule has 22 heavy (non-hydrogen) atoms. The van der Waals surface area contributed by atoms with Crippen molar-refractivity contribution in [2.45, 2.75) is 20.0 Å². The number of hydrogen-bond acceptors (Lipinski definition) is 4. The van der Waals surface area contributed by atoms with Gasteiger partial charge in [0.2, 0.25) is 0 Å². The molecule has 0 aliphatic carbocycles. The average molecular weight is 297 g/mol. The molecule has 1 aliphatic heterocycles. The van der Waals surface area contributed by atoms with Crippen LogP contribution in [-0.4, -0.2) is 35.6 Å². The van der Waals surface area contributed by atoms with Gasteiger partial charge in [0.05, 0.1) is 0 Å². The summed E-state index contributed by atoms with van der Waals surface area (Å²) in [6.07, 6.45) is -0.588. The zero-order chi connectivity index (χ0) is 16.0. The van der Waals surface area contributed by atoms with Crippen LogP contribution in [0.3, 0.4) is 0 Å². The predicted molar refractivity (Wildman–Crippen MR) is 81.1 cm³/mol. The second kappa shape index (κ2) is 4.94. The zero-order valence-electron chi connectivity index (χ0n) is 12.5. The number of ketones is 1. The van der Waals surface area contributed by atoms with Gasteiger partial charge in [-0.3, -0.25) is 19.3 Å². The summed E-state index contributed by atoms with van der Waals surface area (Å²) in [5.41, 5.74) is 0.936. The van der Waals surface area contributed by atoms with Crippen LogP contribution in [0.1, 0.15) is 34.6 Å². The number of carbonyl (C=O) groups is 3. The van der Waals surface area contributed by atoms with Crippen LogP contribution in [0.25, 0.3) is 10.8 Å². The summed E-state index contributed by atoms with van der Waals surface area (Å²) in [6.45, 7) is 3.12. The molecule has 1 unspecified atom stereocenters. The molecule has 0 radical (unpaired) electrons. The Morgan fingerprint density at radius 1 is 1.09 bits per heavy atom. The van der Waals surface area contributed by atoms with Crippen molar-refractivity contribution < 1.29 is 19.1 Å². The molecule has 0 bridgehead atoms. The van der Waals surface area contributed by atoms with Crippen molar-refractivity contribution in [3.05, 3.63) is 41.5 Å². The van der Waals surface area contributed by atoms with Crippen molar-refractivity contribution in [3.63, 3.8) is 0 Å². The van der Waals surface area contributed by atoms with Crippen molar-refractivity contribution in [3.8, 4) is 5.75 Å². The lowest BCUT2D eigenvalue weighted by atomic mass is 9.94. The van der Waals surface area contributed by atoms with Crippen molar-refractivity contribution in [2.24, 2.45) is 0 Å². The fourth-order valence-electron chi connectivity index (χ4n) is 2.57. The van der Waals surface area contributed by atoms with E-state index in [1.54, 1.807) is 37.3 Å². The highest BCUT2D eigenvalue weighted by Crippen LogP contribution is 2.35. The molecule has 0 saturated heterocycles. The van der Waals surface area contributed by atoms with Crippen LogP contribution < -0.4 is 4.74 Å². The van der Waals surface area contributed by atoms with Crippen LogP contribution in [0.15, 0.2) is 30.3 Å². The van der Waals surface area contributed by atoms with Gasteiger partial charge in [0.15, 0.2) is 11.9 Å². The minimum absolute atomic E-state index is 0.0904. The molecular weight excluding hydrogens is 282 g/mol. The number of nitrogens with zero attached hydrogens (tertiary/aromatic N) is 1. The lowest BCUT2D eigenvalue weighted by Gasteiger charge is -2.25. The van der Waals surface area contributed by atoms with Crippen LogP contribution >= 0.6 is 0 Å². The van der Waals surface area contributed by atoms with Gasteiger partial charge in [0.1, 0.15) is 5.75 Å². The van der Waals surface area contributed by atoms with Gasteiger partial charge in [-0.1, -0.05) is 12.1 Å². The second-order valence-electron chi connectivity index (χ2n) is 5.38. The van der Waals surface area contributed by atoms with Crippen LogP contribution in [0.2, 0.25) is 0 Å². The molecule has 2 amide bonds. The molecule has 0 saturated carbocycles. The molecule has 5 heteroatoms. The van der Waals surface area contributed by atoms with Gasteiger partial charge in [-0.25, -0.2) is 0 Å². The molecule has 2 aromatic carbocycles. The number of ether oxygens (including phenoxy) is 1. The summed E-state index contributed by atoms with van der Waals surface area (Å²) in [7, 11) is 1.47. The number of rotatable bonds is 3. The third kappa shape index (κ3) is 1.97. The maximum atomic E-state index is 12.3. The van der Waals surface area contributed by atoms with Gasteiger partial charge < -0.3 is 4.74 Å². The number of Topliss-reactive ketones (excluding diaryl/α,β-unsaturated/α-hetero) is 1. The molecule has 1 aliphatic rings. The highest BCUT2D eigenvalue weighted by molar-refractivity contribution is 6.25. The van der Waals surface area contributed by atoms with Crippen LogP contribution in [0.4, 0.5) is 0 Å². The molecule has 0 N–H and O–H groups in total. The summed E-state index contributed by atoms with van der Waals surface area (Å²) in [5, 5.41) is 1.25. The minimum Gasteiger partial charge on any atom is -0.482 e. The van der Waals surface area contributed by atoms with Crippen molar-refractivity contribution >= 4 is 28.4 Å². The largest absolute Gasteiger partial charge is 0.482 e. The third-order valence-electron chi connectivity index (χ3n) is 3.95. The first-order chi connectivity index (χ1) is 10.4. The normalized spacial score (nSPS) is 15.1. The lowest BCUT2D eigenvalue weighted by Crippen LogP contribution is -2.36. The van der Waals surface area contributed by atoms with Gasteiger partial charge in [0.25, 0.3) is 11.8 Å². The van der Waals surface area contributed by atoms with E-state index in [1.807, 2.05) is 0 Å². The number of amides is 2. The van der Waals surface area contributed by atoms with Crippen molar-refractivity contribution in [1.82, 2.24) is 4.90 Å². The molecular formula is C17H15NO4. The second-order valence-corrected chi connectivity index (χ2v) is 5.38. The van der Waals surface area contributed by atoms with E-state index in [4.69, 9.17) is 4.74 Å². The highest BCUT2D eigenvalue weighted by Gasteiger charge is 2.31. The Morgan fingerprint density at radius 2 is 1.73 bits per heavy atom. The maximum absolute atomic E-state index is 12.3. The van der Waals surface area contributed by atoms with Gasteiger partial charge in [-0.15, -0.1) is 0 Å². The average Bonchev–Trinajstić information content (AvgIpc) is 2.51. The Balaban J connectivity index is 2.25. The highest BCUT2D eigenvalue weighted by atomic mass is 16.5. The molecule has 2 aromatic rings. The predicted octanol–water partition coefficient (Wildman–Crippen LogP) is 2.42. The molecule has 0 aromatic heterocycles. The quantitative estimate of drug-likeness (QED) is 0.816. The zero-order valence-corrected chi connectivity index (χ0v) is 12.5. The molecule has 3 rings (SSSR count). The number of imide groups is 1. The van der Waals surface area contributed by atoms with E-state index < -0.39 is 6.10 Å². The fraction of sp³-hybridized carbons (Fsp3) is 0.235. The summed E-state index contributed by atoms with van der Waals surface area (Å²) >= 11 is 0. The van der Waals surface area contributed by atoms with Crippen molar-refractivity contribution in [1.29, 1.82) is 0 Å². The van der Waals surface area contributed by atoms with E-state index in [2.05, 4.69) is 0 Å². The van der Waals surface area contributed by atoms with Crippen LogP contribution in [-0.2, 0) is 4.79 Å². The Kier molecular flexibility index (Phi) is 3.20. The minimum atomic E-state index is -0.588. The Morgan fingerprint density at radius 3 is 2.36 bits per heavy atom. The summed E-state index contributed by atoms with van der Waals surface area (Å²) in [5.74, 6) is -0.263. The first kappa shape index (κ1) is 14.3. The third-order valence-corrected chi connectivity index (χ3v) is 3.95. The summed E-state index contributed by atoms with van der Waals surface area (Å²) in [6, 6.07) is 8.53. The summed E-state index contributed by atoms with van der Waals surface area (Å²) in [4.78, 5) is 37.0. The van der Waals surface area contributed by atoms with Crippen LogP contribution in [0.5, 0.6) is 5.75 Å². The molecule has 1 heterocycles. The van der Waals surface area contributed by atoms with Crippen LogP contribution in [0, 0.1) is 0 Å². The first-order valence-corrected chi connectivity index (χ1v) is 6.97. The topological polar surface area (TPSA) is 63.7 Å². The standard InChI is InChI=1S/C17H15NO4/c1-9(19)10(2)22-14-8-7-13-15-11(14)5-4-6-12(15)16(20)18(3)17(13)21/h4-8,10H,1-3H3. The van der Waals surface area contributed by atoms with Gasteiger partial charge in [0, 0.05) is 28.9 Å². The monoisotopic (exact) mass is 297 g/mol. The number of carbonyl (C=O) groups excluding carboxylic acids is 3. The van der Waals surface area contributed by atoms with Crippen molar-refractivity contribution in [2.75, 3.05) is 7.05 Å². The maximum Gasteiger partial charge on any atom is 0.261 e. The Bertz CT molecular complexity index is 803. The summed E-state index contributed by atoms with van der Waals surface area (Å²) < 4.78 is 5.68.